The summed E-state index contributed by atoms with van der Waals surface area (Å²) < 4.78 is 38.5. The van der Waals surface area contributed by atoms with Gasteiger partial charge in [0.25, 0.3) is 0 Å². The third kappa shape index (κ3) is 5.50. The molecule has 3 N–H and O–H groups in total. The average molecular weight is 292 g/mol. The smallest absolute Gasteiger partial charge is 0.271 e. The number of hydrazine groups is 1. The minimum absolute atomic E-state index is 0.0438. The van der Waals surface area contributed by atoms with E-state index in [4.69, 9.17) is 5.84 Å². The van der Waals surface area contributed by atoms with Gasteiger partial charge in [0.1, 0.15) is 0 Å². The van der Waals surface area contributed by atoms with Crippen LogP contribution in [0.3, 0.4) is 0 Å². The molecule has 0 saturated carbocycles. The van der Waals surface area contributed by atoms with Crippen molar-refractivity contribution in [2.45, 2.75) is 64.2 Å². The van der Waals surface area contributed by atoms with Crippen molar-refractivity contribution in [3.05, 3.63) is 18.0 Å². The van der Waals surface area contributed by atoms with E-state index < -0.39 is 18.6 Å². The highest BCUT2D eigenvalue weighted by molar-refractivity contribution is 5.02. The molecular weight excluding hydrogens is 269 g/mol. The zero-order valence-corrected chi connectivity index (χ0v) is 12.0. The van der Waals surface area contributed by atoms with Gasteiger partial charge in [-0.25, -0.2) is 0 Å². The normalized spacial score (nSPS) is 13.9. The van der Waals surface area contributed by atoms with Crippen molar-refractivity contribution >= 4 is 0 Å². The van der Waals surface area contributed by atoms with Crippen LogP contribution in [-0.4, -0.2) is 22.0 Å². The lowest BCUT2D eigenvalue weighted by molar-refractivity contribution is -0.136. The van der Waals surface area contributed by atoms with E-state index in [-0.39, 0.29) is 6.42 Å². The van der Waals surface area contributed by atoms with Crippen LogP contribution in [0, 0.1) is 0 Å². The van der Waals surface area contributed by atoms with Gasteiger partial charge in [-0.2, -0.15) is 18.3 Å². The predicted molar refractivity (Wildman–Crippen MR) is 72.0 cm³/mol. The van der Waals surface area contributed by atoms with Gasteiger partial charge in [0.15, 0.2) is 0 Å². The lowest BCUT2D eigenvalue weighted by atomic mass is 10.1. The van der Waals surface area contributed by atoms with E-state index in [2.05, 4.69) is 24.4 Å². The first-order valence-electron chi connectivity index (χ1n) is 6.96. The molecule has 20 heavy (non-hydrogen) atoms. The van der Waals surface area contributed by atoms with Gasteiger partial charge in [-0.1, -0.05) is 13.8 Å². The highest BCUT2D eigenvalue weighted by atomic mass is 19.4. The van der Waals surface area contributed by atoms with Crippen LogP contribution in [0.2, 0.25) is 0 Å². The largest absolute Gasteiger partial charge is 0.389 e. The molecule has 116 valence electrons. The Balaban J connectivity index is 2.57. The second-order valence-corrected chi connectivity index (χ2v) is 4.98. The monoisotopic (exact) mass is 292 g/mol. The van der Waals surface area contributed by atoms with Crippen molar-refractivity contribution in [2.75, 3.05) is 0 Å². The van der Waals surface area contributed by atoms with Gasteiger partial charge in [0.2, 0.25) is 0 Å². The zero-order chi connectivity index (χ0) is 15.2. The van der Waals surface area contributed by atoms with E-state index in [0.29, 0.717) is 12.5 Å². The minimum atomic E-state index is -4.15. The van der Waals surface area contributed by atoms with Crippen LogP contribution in [0.1, 0.15) is 51.3 Å². The lowest BCUT2D eigenvalue weighted by Gasteiger charge is -2.16. The molecule has 0 spiro atoms. The average Bonchev–Trinajstić information content (AvgIpc) is 2.83. The van der Waals surface area contributed by atoms with Gasteiger partial charge >= 0.3 is 6.18 Å². The summed E-state index contributed by atoms with van der Waals surface area (Å²) in [4.78, 5) is 0. The number of halogens is 3. The van der Waals surface area contributed by atoms with E-state index in [1.165, 1.54) is 0 Å². The molecular formula is C13H23F3N4. The van der Waals surface area contributed by atoms with E-state index in [1.807, 2.05) is 16.9 Å². The van der Waals surface area contributed by atoms with Crippen LogP contribution in [0.25, 0.3) is 0 Å². The van der Waals surface area contributed by atoms with Crippen LogP contribution in [0.15, 0.2) is 12.3 Å². The van der Waals surface area contributed by atoms with Gasteiger partial charge in [0, 0.05) is 25.1 Å². The Morgan fingerprint density at radius 3 is 2.50 bits per heavy atom. The molecule has 0 amide bonds. The summed E-state index contributed by atoms with van der Waals surface area (Å²) in [6.07, 6.45) is -0.796. The van der Waals surface area contributed by atoms with Crippen molar-refractivity contribution in [3.8, 4) is 0 Å². The Hall–Kier alpha value is -1.08. The maximum absolute atomic E-state index is 12.2. The van der Waals surface area contributed by atoms with Crippen LogP contribution >= 0.6 is 0 Å². The summed E-state index contributed by atoms with van der Waals surface area (Å²) in [5.41, 5.74) is 3.21. The number of alkyl halides is 3. The summed E-state index contributed by atoms with van der Waals surface area (Å²) in [6, 6.07) is 1.76. The van der Waals surface area contributed by atoms with E-state index >= 15 is 0 Å². The molecule has 0 aliphatic rings. The Bertz CT molecular complexity index is 385. The molecule has 0 saturated heterocycles. The fraction of sp³-hybridized carbons (Fsp3) is 0.769. The van der Waals surface area contributed by atoms with E-state index in [0.717, 1.165) is 18.5 Å². The number of rotatable bonds is 8. The number of nitrogens with two attached hydrogens (primary N) is 1. The summed E-state index contributed by atoms with van der Waals surface area (Å²) in [6.45, 7) is 4.17. The summed E-state index contributed by atoms with van der Waals surface area (Å²) in [5, 5.41) is 4.42. The second-order valence-electron chi connectivity index (χ2n) is 4.98. The molecule has 1 aromatic heterocycles. The van der Waals surface area contributed by atoms with Gasteiger partial charge in [-0.3, -0.25) is 16.0 Å². The number of hydrogen-bond acceptors (Lipinski definition) is 3. The van der Waals surface area contributed by atoms with Crippen molar-refractivity contribution in [3.63, 3.8) is 0 Å². The minimum Gasteiger partial charge on any atom is -0.271 e. The number of nitrogens with zero attached hydrogens (tertiary/aromatic N) is 2. The fourth-order valence-corrected chi connectivity index (χ4v) is 2.19. The van der Waals surface area contributed by atoms with E-state index in [9.17, 15) is 13.2 Å². The summed E-state index contributed by atoms with van der Waals surface area (Å²) in [7, 11) is 0. The molecule has 1 heterocycles. The molecule has 0 aliphatic heterocycles. The first-order chi connectivity index (χ1) is 9.39. The molecule has 1 aromatic rings. The Morgan fingerprint density at radius 2 is 2.00 bits per heavy atom. The standard InChI is InChI=1S/C13H23F3N4/c1-3-12(4-2)20-8-6-11(19-20)9-10(18-17)5-7-13(14,15)16/h6,8,10,12,18H,3-5,7,9,17H2,1-2H3. The Labute approximate surface area is 117 Å². The highest BCUT2D eigenvalue weighted by Gasteiger charge is 2.28. The number of nitrogens with one attached hydrogen (secondary N) is 1. The molecule has 1 rings (SSSR count). The molecule has 7 heteroatoms. The van der Waals surface area contributed by atoms with Gasteiger partial charge in [-0.05, 0) is 25.3 Å². The van der Waals surface area contributed by atoms with Crippen LogP contribution in [0.5, 0.6) is 0 Å². The fourth-order valence-electron chi connectivity index (χ4n) is 2.19. The molecule has 0 fully saturated rings. The van der Waals surface area contributed by atoms with E-state index in [1.54, 1.807) is 0 Å². The Kier molecular flexibility index (Phi) is 6.48. The van der Waals surface area contributed by atoms with Crippen molar-refractivity contribution in [1.82, 2.24) is 15.2 Å². The van der Waals surface area contributed by atoms with Crippen LogP contribution < -0.4 is 11.3 Å². The summed E-state index contributed by atoms with van der Waals surface area (Å²) >= 11 is 0. The molecule has 0 aromatic carbocycles. The molecule has 4 nitrogen and oxygen atoms in total. The Morgan fingerprint density at radius 1 is 1.35 bits per heavy atom. The topological polar surface area (TPSA) is 55.9 Å². The first-order valence-corrected chi connectivity index (χ1v) is 6.96. The van der Waals surface area contributed by atoms with Crippen molar-refractivity contribution < 1.29 is 13.2 Å². The van der Waals surface area contributed by atoms with Crippen LogP contribution in [-0.2, 0) is 6.42 Å². The third-order valence-electron chi connectivity index (χ3n) is 3.45. The highest BCUT2D eigenvalue weighted by Crippen LogP contribution is 2.23. The lowest BCUT2D eigenvalue weighted by Crippen LogP contribution is -2.37. The first kappa shape index (κ1) is 17.0. The number of hydrogen-bond donors (Lipinski definition) is 2. The second kappa shape index (κ2) is 7.64. The third-order valence-corrected chi connectivity index (χ3v) is 3.45. The van der Waals surface area contributed by atoms with Gasteiger partial charge < -0.3 is 0 Å². The quantitative estimate of drug-likeness (QED) is 0.572. The number of aromatic nitrogens is 2. The maximum Gasteiger partial charge on any atom is 0.389 e. The van der Waals surface area contributed by atoms with Crippen molar-refractivity contribution in [2.24, 2.45) is 5.84 Å². The zero-order valence-electron chi connectivity index (χ0n) is 12.0. The molecule has 1 unspecified atom stereocenters. The van der Waals surface area contributed by atoms with Crippen molar-refractivity contribution in [1.29, 1.82) is 0 Å². The molecule has 0 radical (unpaired) electrons. The molecule has 0 aliphatic carbocycles. The SMILES string of the molecule is CCC(CC)n1ccc(CC(CCC(F)(F)F)NN)n1. The van der Waals surface area contributed by atoms with Crippen LogP contribution in [0.4, 0.5) is 13.2 Å². The maximum atomic E-state index is 12.2. The predicted octanol–water partition coefficient (Wildman–Crippen LogP) is 2.96. The molecule has 1 atom stereocenters. The molecule has 0 bridgehead atoms. The summed E-state index contributed by atoms with van der Waals surface area (Å²) in [5.74, 6) is 5.32. The van der Waals surface area contributed by atoms with Gasteiger partial charge in [-0.15, -0.1) is 0 Å². The van der Waals surface area contributed by atoms with Gasteiger partial charge in [0.05, 0.1) is 11.7 Å².